The van der Waals surface area contributed by atoms with Gasteiger partial charge in [-0.15, -0.1) is 0 Å². The molecule has 7 heteroatoms. The highest BCUT2D eigenvalue weighted by Crippen LogP contribution is 2.28. The van der Waals surface area contributed by atoms with Crippen LogP contribution in [0.25, 0.3) is 0 Å². The third-order valence-corrected chi connectivity index (χ3v) is 3.95. The molecule has 1 fully saturated rings. The zero-order valence-corrected chi connectivity index (χ0v) is 12.5. The Morgan fingerprint density at radius 3 is 2.30 bits per heavy atom. The fraction of sp³-hybridized carbons (Fsp3) is 0.500. The molecule has 6 nitrogen and oxygen atoms in total. The second-order valence-electron chi connectivity index (χ2n) is 5.87. The molecule has 2 rings (SSSR count). The van der Waals surface area contributed by atoms with Gasteiger partial charge in [-0.2, -0.15) is 0 Å². The molecule has 1 aliphatic rings. The lowest BCUT2D eigenvalue weighted by molar-refractivity contribution is -0.143. The summed E-state index contributed by atoms with van der Waals surface area (Å²) in [5.41, 5.74) is 6.16. The molecule has 0 heterocycles. The van der Waals surface area contributed by atoms with Crippen molar-refractivity contribution >= 4 is 11.9 Å². The third kappa shape index (κ3) is 4.92. The molecule has 0 radical (unpaired) electrons. The summed E-state index contributed by atoms with van der Waals surface area (Å²) in [6.45, 7) is 0. The van der Waals surface area contributed by atoms with E-state index < -0.39 is 30.1 Å². The highest BCUT2D eigenvalue weighted by molar-refractivity contribution is 5.76. The molecular formula is C16H20FNO5. The van der Waals surface area contributed by atoms with Gasteiger partial charge in [0, 0.05) is 12.8 Å². The fourth-order valence-electron chi connectivity index (χ4n) is 2.46. The van der Waals surface area contributed by atoms with Gasteiger partial charge in [-0.1, -0.05) is 12.1 Å². The molecule has 1 aromatic rings. The van der Waals surface area contributed by atoms with E-state index in [-0.39, 0.29) is 18.9 Å². The molecule has 1 aliphatic carbocycles. The SMILES string of the molecule is N[C@@H](CC(Cc1ccc(O[C@H]2C[C@@H]([18F])C2)cc1)C(=O)O)C(=O)O. The van der Waals surface area contributed by atoms with E-state index in [1.165, 1.54) is 0 Å². The van der Waals surface area contributed by atoms with Crippen molar-refractivity contribution in [2.24, 2.45) is 11.7 Å². The first-order valence-corrected chi connectivity index (χ1v) is 7.46. The number of halogens is 1. The summed E-state index contributed by atoms with van der Waals surface area (Å²) in [6, 6.07) is 5.66. The van der Waals surface area contributed by atoms with E-state index in [4.69, 9.17) is 15.6 Å². The van der Waals surface area contributed by atoms with Crippen molar-refractivity contribution in [1.82, 2.24) is 0 Å². The van der Waals surface area contributed by atoms with Gasteiger partial charge in [0.25, 0.3) is 0 Å². The second-order valence-corrected chi connectivity index (χ2v) is 5.87. The number of rotatable bonds is 8. The molecule has 1 saturated carbocycles. The number of benzene rings is 1. The van der Waals surface area contributed by atoms with Gasteiger partial charge in [0.15, 0.2) is 0 Å². The highest BCUT2D eigenvalue weighted by atomic mass is 18.2. The Kier molecular flexibility index (Phi) is 5.54. The molecule has 0 aliphatic heterocycles. The smallest absolute Gasteiger partial charge is 0.320 e. The Hall–Kier alpha value is -2.15. The van der Waals surface area contributed by atoms with Crippen LogP contribution < -0.4 is 10.5 Å². The first kappa shape index (κ1) is 17.2. The molecule has 4 N–H and O–H groups in total. The van der Waals surface area contributed by atoms with Crippen LogP contribution in [0.15, 0.2) is 24.3 Å². The Morgan fingerprint density at radius 2 is 1.83 bits per heavy atom. The third-order valence-electron chi connectivity index (χ3n) is 3.95. The van der Waals surface area contributed by atoms with Crippen LogP contribution in [-0.4, -0.2) is 40.5 Å². The van der Waals surface area contributed by atoms with Crippen LogP contribution in [0.4, 0.5) is 4.39 Å². The van der Waals surface area contributed by atoms with Crippen molar-refractivity contribution in [1.29, 1.82) is 0 Å². The van der Waals surface area contributed by atoms with Gasteiger partial charge in [-0.3, -0.25) is 9.59 Å². The Labute approximate surface area is 133 Å². The van der Waals surface area contributed by atoms with Gasteiger partial charge in [-0.05, 0) is 30.5 Å². The first-order valence-electron chi connectivity index (χ1n) is 7.46. The van der Waals surface area contributed by atoms with Crippen LogP contribution in [0.5, 0.6) is 5.75 Å². The number of alkyl halides is 1. The normalized spacial score (nSPS) is 22.7. The van der Waals surface area contributed by atoms with E-state index in [1.54, 1.807) is 24.3 Å². The van der Waals surface area contributed by atoms with E-state index in [9.17, 15) is 19.1 Å². The van der Waals surface area contributed by atoms with E-state index in [0.29, 0.717) is 18.6 Å². The summed E-state index contributed by atoms with van der Waals surface area (Å²) in [7, 11) is 0. The van der Waals surface area contributed by atoms with E-state index >= 15 is 0 Å². The maximum absolute atomic E-state index is 12.7. The number of hydrogen-bond acceptors (Lipinski definition) is 4. The number of hydrogen-bond donors (Lipinski definition) is 3. The van der Waals surface area contributed by atoms with Crippen LogP contribution >= 0.6 is 0 Å². The highest BCUT2D eigenvalue weighted by Gasteiger charge is 2.30. The van der Waals surface area contributed by atoms with Crippen molar-refractivity contribution in [2.45, 2.75) is 44.0 Å². The van der Waals surface area contributed by atoms with E-state index in [0.717, 1.165) is 5.56 Å². The molecule has 0 saturated heterocycles. The molecule has 0 aromatic heterocycles. The summed E-state index contributed by atoms with van der Waals surface area (Å²) < 4.78 is 18.3. The minimum atomic E-state index is -1.22. The van der Waals surface area contributed by atoms with Crippen molar-refractivity contribution in [3.8, 4) is 5.75 Å². The molecule has 2 atom stereocenters. The molecule has 0 spiro atoms. The fourth-order valence-corrected chi connectivity index (χ4v) is 2.46. The quantitative estimate of drug-likeness (QED) is 0.670. The van der Waals surface area contributed by atoms with Crippen molar-refractivity contribution in [3.63, 3.8) is 0 Å². The minimum absolute atomic E-state index is 0.101. The molecule has 0 amide bonds. The Balaban J connectivity index is 1.92. The van der Waals surface area contributed by atoms with E-state index in [1.807, 2.05) is 0 Å². The van der Waals surface area contributed by atoms with Gasteiger partial charge in [-0.25, -0.2) is 4.39 Å². The predicted molar refractivity (Wildman–Crippen MR) is 80.0 cm³/mol. The lowest BCUT2D eigenvalue weighted by Gasteiger charge is -2.30. The topological polar surface area (TPSA) is 110 Å². The first-order chi connectivity index (χ1) is 10.8. The van der Waals surface area contributed by atoms with Crippen LogP contribution in [0.1, 0.15) is 24.8 Å². The van der Waals surface area contributed by atoms with Gasteiger partial charge >= 0.3 is 11.9 Å². The predicted octanol–water partition coefficient (Wildman–Crippen LogP) is 1.61. The van der Waals surface area contributed by atoms with Crippen molar-refractivity contribution in [3.05, 3.63) is 29.8 Å². The standard InChI is InChI=1S/C16H20FNO5/c17-11-7-13(8-11)23-12-3-1-9(2-4-12)5-10(15(19)20)6-14(18)16(21)22/h1-4,10-11,13-14H,5-8,18H2,(H,19,20)(H,21,22)/t10?,11-,13+,14-/m0/s1/i17-1. The van der Waals surface area contributed by atoms with Crippen LogP contribution in [-0.2, 0) is 16.0 Å². The number of aliphatic carboxylic acids is 2. The maximum atomic E-state index is 12.7. The molecule has 126 valence electrons. The zero-order valence-electron chi connectivity index (χ0n) is 12.5. The van der Waals surface area contributed by atoms with Gasteiger partial charge in [0.1, 0.15) is 24.1 Å². The van der Waals surface area contributed by atoms with E-state index in [2.05, 4.69) is 0 Å². The van der Waals surface area contributed by atoms with Crippen molar-refractivity contribution < 1.29 is 28.9 Å². The summed E-state index contributed by atoms with van der Waals surface area (Å²) in [5.74, 6) is -2.55. The monoisotopic (exact) mass is 324 g/mol. The summed E-state index contributed by atoms with van der Waals surface area (Å²) in [6.07, 6.45) is -0.0355. The zero-order chi connectivity index (χ0) is 17.0. The second kappa shape index (κ2) is 7.41. The number of carbonyl (C=O) groups is 2. The summed E-state index contributed by atoms with van der Waals surface area (Å²) in [5, 5.41) is 18.0. The largest absolute Gasteiger partial charge is 0.490 e. The summed E-state index contributed by atoms with van der Waals surface area (Å²) >= 11 is 0. The van der Waals surface area contributed by atoms with Crippen molar-refractivity contribution in [2.75, 3.05) is 0 Å². The number of carboxylic acid groups (broad SMARTS) is 2. The minimum Gasteiger partial charge on any atom is -0.490 e. The Morgan fingerprint density at radius 1 is 1.22 bits per heavy atom. The molecule has 23 heavy (non-hydrogen) atoms. The molecule has 1 unspecified atom stereocenters. The van der Waals surface area contributed by atoms with Crippen LogP contribution in [0, 0.1) is 5.92 Å². The summed E-state index contributed by atoms with van der Waals surface area (Å²) in [4.78, 5) is 22.0. The number of ether oxygens (including phenoxy) is 1. The maximum Gasteiger partial charge on any atom is 0.320 e. The van der Waals surface area contributed by atoms with Gasteiger partial charge in [0.05, 0.1) is 5.92 Å². The van der Waals surface area contributed by atoms with Crippen LogP contribution in [0.2, 0.25) is 0 Å². The number of carboxylic acids is 2. The number of nitrogens with two attached hydrogens (primary N) is 1. The molecule has 1 aromatic carbocycles. The lowest BCUT2D eigenvalue weighted by atomic mass is 9.92. The Bertz CT molecular complexity index is 556. The molecular weight excluding hydrogens is 304 g/mol. The average molecular weight is 324 g/mol. The van der Waals surface area contributed by atoms with Gasteiger partial charge in [0.2, 0.25) is 0 Å². The van der Waals surface area contributed by atoms with Gasteiger partial charge < -0.3 is 20.7 Å². The average Bonchev–Trinajstić information content (AvgIpc) is 2.46. The molecule has 0 bridgehead atoms. The van der Waals surface area contributed by atoms with Crippen LogP contribution in [0.3, 0.4) is 0 Å². The lowest BCUT2D eigenvalue weighted by Crippen LogP contribution is -2.35.